The summed E-state index contributed by atoms with van der Waals surface area (Å²) in [5.41, 5.74) is 0. The van der Waals surface area contributed by atoms with Gasteiger partial charge >= 0.3 is 0 Å². The highest BCUT2D eigenvalue weighted by molar-refractivity contribution is 7.86. The largest absolute Gasteiger partial charge is 0.309 e. The van der Waals surface area contributed by atoms with E-state index in [4.69, 9.17) is 0 Å². The highest BCUT2D eigenvalue weighted by atomic mass is 32.2. The minimum absolute atomic E-state index is 0.232. The van der Waals surface area contributed by atoms with Gasteiger partial charge in [0, 0.05) is 38.3 Å². The zero-order valence-corrected chi connectivity index (χ0v) is 12.2. The first-order valence-electron chi connectivity index (χ1n) is 7.01. The van der Waals surface area contributed by atoms with Gasteiger partial charge in [-0.2, -0.15) is 17.0 Å². The maximum absolute atomic E-state index is 12.6. The second kappa shape index (κ2) is 5.86. The minimum Gasteiger partial charge on any atom is -0.309 e. The van der Waals surface area contributed by atoms with Crippen molar-refractivity contribution in [1.82, 2.24) is 13.9 Å². The molecule has 0 aliphatic carbocycles. The first kappa shape index (κ1) is 14.2. The Kier molecular flexibility index (Phi) is 4.64. The van der Waals surface area contributed by atoms with Crippen LogP contribution >= 0.6 is 0 Å². The normalized spacial score (nSPS) is 33.2. The van der Waals surface area contributed by atoms with Gasteiger partial charge in [0.25, 0.3) is 10.2 Å². The van der Waals surface area contributed by atoms with Crippen molar-refractivity contribution in [2.75, 3.05) is 26.2 Å². The molecule has 0 aromatic carbocycles. The van der Waals surface area contributed by atoms with Crippen LogP contribution in [0.5, 0.6) is 0 Å². The van der Waals surface area contributed by atoms with E-state index in [2.05, 4.69) is 5.32 Å². The van der Waals surface area contributed by atoms with Gasteiger partial charge in [0.2, 0.25) is 0 Å². The molecule has 6 heteroatoms. The summed E-state index contributed by atoms with van der Waals surface area (Å²) in [5, 5.41) is 3.37. The van der Waals surface area contributed by atoms with E-state index in [1.165, 1.54) is 0 Å². The van der Waals surface area contributed by atoms with Crippen LogP contribution in [0.2, 0.25) is 0 Å². The summed E-state index contributed by atoms with van der Waals surface area (Å²) in [6, 6.07) is 0.464. The number of hydrogen-bond acceptors (Lipinski definition) is 3. The van der Waals surface area contributed by atoms with Crippen molar-refractivity contribution in [3.63, 3.8) is 0 Å². The Morgan fingerprint density at radius 2 is 1.39 bits per heavy atom. The topological polar surface area (TPSA) is 52.7 Å². The van der Waals surface area contributed by atoms with Crippen molar-refractivity contribution >= 4 is 10.2 Å². The molecule has 0 spiro atoms. The van der Waals surface area contributed by atoms with Gasteiger partial charge in [0.05, 0.1) is 0 Å². The van der Waals surface area contributed by atoms with Crippen molar-refractivity contribution in [2.24, 2.45) is 0 Å². The van der Waals surface area contributed by atoms with E-state index >= 15 is 0 Å². The Balaban J connectivity index is 2.08. The molecule has 2 atom stereocenters. The molecule has 0 aromatic rings. The Hall–Kier alpha value is -0.170. The molecular weight excluding hydrogens is 250 g/mol. The number of nitrogens with one attached hydrogen (secondary N) is 1. The summed E-state index contributed by atoms with van der Waals surface area (Å²) in [7, 11) is -3.25. The van der Waals surface area contributed by atoms with Crippen molar-refractivity contribution in [3.05, 3.63) is 0 Å². The zero-order valence-electron chi connectivity index (χ0n) is 11.4. The van der Waals surface area contributed by atoms with Crippen molar-refractivity contribution in [2.45, 2.75) is 51.6 Å². The lowest BCUT2D eigenvalue weighted by molar-refractivity contribution is 0.244. The van der Waals surface area contributed by atoms with Crippen LogP contribution in [0.25, 0.3) is 0 Å². The fourth-order valence-electron chi connectivity index (χ4n) is 2.90. The Morgan fingerprint density at radius 1 is 0.889 bits per heavy atom. The predicted molar refractivity (Wildman–Crippen MR) is 72.6 cm³/mol. The molecule has 0 radical (unpaired) electrons. The quantitative estimate of drug-likeness (QED) is 0.810. The van der Waals surface area contributed by atoms with Gasteiger partial charge in [0.1, 0.15) is 0 Å². The molecule has 2 fully saturated rings. The lowest BCUT2D eigenvalue weighted by Gasteiger charge is -2.37. The average molecular weight is 275 g/mol. The lowest BCUT2D eigenvalue weighted by atomic mass is 10.2. The summed E-state index contributed by atoms with van der Waals surface area (Å²) in [6.45, 7) is 6.64. The number of hydrogen-bond donors (Lipinski definition) is 1. The molecule has 18 heavy (non-hydrogen) atoms. The predicted octanol–water partition coefficient (Wildman–Crippen LogP) is 0.789. The number of rotatable bonds is 2. The summed E-state index contributed by atoms with van der Waals surface area (Å²) >= 11 is 0. The Labute approximate surface area is 111 Å². The molecule has 2 heterocycles. The molecule has 0 aromatic heterocycles. The monoisotopic (exact) mass is 275 g/mol. The Bertz CT molecular complexity index is 354. The van der Waals surface area contributed by atoms with Gasteiger partial charge in [-0.05, 0) is 26.7 Å². The van der Waals surface area contributed by atoms with Crippen LogP contribution < -0.4 is 5.32 Å². The first-order valence-corrected chi connectivity index (χ1v) is 8.41. The maximum Gasteiger partial charge on any atom is 0.282 e. The van der Waals surface area contributed by atoms with Crippen LogP contribution in [0.4, 0.5) is 0 Å². The van der Waals surface area contributed by atoms with E-state index in [1.807, 2.05) is 13.8 Å². The van der Waals surface area contributed by atoms with Crippen molar-refractivity contribution < 1.29 is 8.42 Å². The standard InChI is InChI=1S/C12H25N3O2S/c1-11-9-15(10-12(2)13-11)18(16,17)14-7-5-3-4-6-8-14/h11-13H,3-10H2,1-2H3/t11-,12-/m1/s1. The van der Waals surface area contributed by atoms with E-state index in [0.717, 1.165) is 25.7 Å². The molecule has 2 saturated heterocycles. The van der Waals surface area contributed by atoms with E-state index in [-0.39, 0.29) is 12.1 Å². The number of piperazine rings is 1. The van der Waals surface area contributed by atoms with E-state index in [1.54, 1.807) is 8.61 Å². The van der Waals surface area contributed by atoms with Crippen LogP contribution in [0.3, 0.4) is 0 Å². The highest BCUT2D eigenvalue weighted by Gasteiger charge is 2.34. The molecule has 0 saturated carbocycles. The van der Waals surface area contributed by atoms with Gasteiger partial charge in [-0.15, -0.1) is 0 Å². The molecule has 1 N–H and O–H groups in total. The van der Waals surface area contributed by atoms with Gasteiger partial charge in [-0.1, -0.05) is 12.8 Å². The first-order chi connectivity index (χ1) is 8.50. The van der Waals surface area contributed by atoms with Crippen LogP contribution in [-0.4, -0.2) is 55.3 Å². The smallest absolute Gasteiger partial charge is 0.282 e. The molecular formula is C12H25N3O2S. The second-order valence-electron chi connectivity index (χ2n) is 5.61. The number of nitrogens with zero attached hydrogens (tertiary/aromatic N) is 2. The lowest BCUT2D eigenvalue weighted by Crippen LogP contribution is -2.58. The second-order valence-corrected chi connectivity index (χ2v) is 7.54. The van der Waals surface area contributed by atoms with Crippen molar-refractivity contribution in [3.8, 4) is 0 Å². The third kappa shape index (κ3) is 3.23. The summed E-state index contributed by atoms with van der Waals surface area (Å²) in [5.74, 6) is 0. The highest BCUT2D eigenvalue weighted by Crippen LogP contribution is 2.18. The summed E-state index contributed by atoms with van der Waals surface area (Å²) in [4.78, 5) is 0. The maximum atomic E-state index is 12.6. The minimum atomic E-state index is -3.25. The third-order valence-electron chi connectivity index (χ3n) is 3.74. The van der Waals surface area contributed by atoms with Gasteiger partial charge < -0.3 is 5.32 Å². The zero-order chi connectivity index (χ0) is 13.2. The SMILES string of the molecule is C[C@@H]1CN(S(=O)(=O)N2CCCCCC2)C[C@@H](C)N1. The molecule has 106 valence electrons. The molecule has 0 bridgehead atoms. The van der Waals surface area contributed by atoms with E-state index in [9.17, 15) is 8.42 Å². The van der Waals surface area contributed by atoms with Crippen LogP contribution in [0.15, 0.2) is 0 Å². The molecule has 5 nitrogen and oxygen atoms in total. The van der Waals surface area contributed by atoms with E-state index in [0.29, 0.717) is 26.2 Å². The summed E-state index contributed by atoms with van der Waals surface area (Å²) < 4.78 is 28.6. The van der Waals surface area contributed by atoms with E-state index < -0.39 is 10.2 Å². The fourth-order valence-corrected chi connectivity index (χ4v) is 4.77. The fraction of sp³-hybridized carbons (Fsp3) is 1.00. The average Bonchev–Trinajstić information content (AvgIpc) is 2.56. The van der Waals surface area contributed by atoms with Gasteiger partial charge in [-0.25, -0.2) is 0 Å². The molecule has 2 aliphatic heterocycles. The molecule has 2 rings (SSSR count). The molecule has 2 aliphatic rings. The van der Waals surface area contributed by atoms with Crippen molar-refractivity contribution in [1.29, 1.82) is 0 Å². The van der Waals surface area contributed by atoms with Gasteiger partial charge in [0.15, 0.2) is 0 Å². The van der Waals surface area contributed by atoms with Crippen LogP contribution in [0, 0.1) is 0 Å². The Morgan fingerprint density at radius 3 is 1.89 bits per heavy atom. The third-order valence-corrected chi connectivity index (χ3v) is 5.71. The van der Waals surface area contributed by atoms with Crippen LogP contribution in [-0.2, 0) is 10.2 Å². The van der Waals surface area contributed by atoms with Gasteiger partial charge in [-0.3, -0.25) is 0 Å². The molecule has 0 amide bonds. The molecule has 0 unspecified atom stereocenters. The summed E-state index contributed by atoms with van der Waals surface area (Å²) in [6.07, 6.45) is 4.30. The van der Waals surface area contributed by atoms with Crippen LogP contribution in [0.1, 0.15) is 39.5 Å².